The molecular formula is C11H13ClN4O2S. The van der Waals surface area contributed by atoms with Gasteiger partial charge in [0.25, 0.3) is 0 Å². The van der Waals surface area contributed by atoms with Crippen LogP contribution < -0.4 is 10.6 Å². The van der Waals surface area contributed by atoms with Gasteiger partial charge in [0.15, 0.2) is 16.1 Å². The van der Waals surface area contributed by atoms with Crippen LogP contribution in [-0.4, -0.2) is 33.3 Å². The molecule has 1 atom stereocenters. The Labute approximate surface area is 119 Å². The van der Waals surface area contributed by atoms with Crippen LogP contribution in [-0.2, 0) is 9.59 Å². The lowest BCUT2D eigenvalue weighted by Crippen LogP contribution is -2.27. The summed E-state index contributed by atoms with van der Waals surface area (Å²) in [5.41, 5.74) is 5.99. The minimum Gasteiger partial charge on any atom is -0.393 e. The van der Waals surface area contributed by atoms with Crippen molar-refractivity contribution in [3.8, 4) is 0 Å². The Kier molecular flexibility index (Phi) is 4.26. The molecule has 0 bridgehead atoms. The predicted molar refractivity (Wildman–Crippen MR) is 75.1 cm³/mol. The van der Waals surface area contributed by atoms with Gasteiger partial charge in [0.05, 0.1) is 0 Å². The number of halogens is 1. The van der Waals surface area contributed by atoms with E-state index in [0.29, 0.717) is 24.5 Å². The minimum atomic E-state index is -0.0596. The number of amides is 1. The standard InChI is InChI=1S/C11H13ClN4O2S/c1-6(17)19-4-7-2-8(18)16(3-7)11-9(13)10(12)14-5-15-11/h5,7H,2-4,13H2,1H3. The minimum absolute atomic E-state index is 0.0514. The molecule has 1 aliphatic heterocycles. The first-order valence-corrected chi connectivity index (χ1v) is 7.05. The number of anilines is 2. The summed E-state index contributed by atoms with van der Waals surface area (Å²) in [7, 11) is 0. The quantitative estimate of drug-likeness (QED) is 0.848. The van der Waals surface area contributed by atoms with Gasteiger partial charge < -0.3 is 5.73 Å². The summed E-state index contributed by atoms with van der Waals surface area (Å²) in [4.78, 5) is 32.2. The molecular weight excluding hydrogens is 288 g/mol. The van der Waals surface area contributed by atoms with E-state index >= 15 is 0 Å². The van der Waals surface area contributed by atoms with Gasteiger partial charge in [-0.25, -0.2) is 9.97 Å². The number of rotatable bonds is 3. The summed E-state index contributed by atoms with van der Waals surface area (Å²) >= 11 is 7.04. The molecule has 2 heterocycles. The van der Waals surface area contributed by atoms with Gasteiger partial charge in [-0.3, -0.25) is 14.5 Å². The van der Waals surface area contributed by atoms with E-state index in [1.54, 1.807) is 0 Å². The van der Waals surface area contributed by atoms with Crippen LogP contribution >= 0.6 is 23.4 Å². The largest absolute Gasteiger partial charge is 0.393 e. The molecule has 1 aromatic rings. The Morgan fingerprint density at radius 2 is 2.37 bits per heavy atom. The van der Waals surface area contributed by atoms with E-state index in [1.807, 2.05) is 0 Å². The van der Waals surface area contributed by atoms with E-state index in [1.165, 1.54) is 29.9 Å². The van der Waals surface area contributed by atoms with E-state index < -0.39 is 0 Å². The van der Waals surface area contributed by atoms with Gasteiger partial charge in [-0.2, -0.15) is 0 Å². The van der Waals surface area contributed by atoms with Crippen molar-refractivity contribution in [3.05, 3.63) is 11.5 Å². The van der Waals surface area contributed by atoms with Gasteiger partial charge in [0.1, 0.15) is 12.0 Å². The monoisotopic (exact) mass is 300 g/mol. The van der Waals surface area contributed by atoms with Crippen LogP contribution in [0.5, 0.6) is 0 Å². The Bertz CT molecular complexity index is 525. The second kappa shape index (κ2) is 5.75. The SMILES string of the molecule is CC(=O)SCC1CC(=O)N(c2ncnc(Cl)c2N)C1. The molecule has 1 saturated heterocycles. The van der Waals surface area contributed by atoms with Crippen LogP contribution in [0.2, 0.25) is 5.15 Å². The summed E-state index contributed by atoms with van der Waals surface area (Å²) in [5.74, 6) is 1.03. The molecule has 2 rings (SSSR count). The molecule has 0 saturated carbocycles. The van der Waals surface area contributed by atoms with Gasteiger partial charge in [0.2, 0.25) is 5.91 Å². The van der Waals surface area contributed by atoms with Crippen molar-refractivity contribution in [2.45, 2.75) is 13.3 Å². The number of nitrogen functional groups attached to an aromatic ring is 1. The molecule has 102 valence electrons. The first-order chi connectivity index (χ1) is 8.99. The summed E-state index contributed by atoms with van der Waals surface area (Å²) < 4.78 is 0. The van der Waals surface area contributed by atoms with Crippen molar-refractivity contribution < 1.29 is 9.59 Å². The van der Waals surface area contributed by atoms with E-state index in [4.69, 9.17) is 17.3 Å². The number of hydrogen-bond acceptors (Lipinski definition) is 6. The highest BCUT2D eigenvalue weighted by molar-refractivity contribution is 8.13. The number of nitrogens with zero attached hydrogens (tertiary/aromatic N) is 3. The number of nitrogens with two attached hydrogens (primary N) is 1. The molecule has 1 amide bonds. The summed E-state index contributed by atoms with van der Waals surface area (Å²) in [6.45, 7) is 2.01. The third kappa shape index (κ3) is 3.16. The van der Waals surface area contributed by atoms with Gasteiger partial charge in [-0.15, -0.1) is 0 Å². The van der Waals surface area contributed by atoms with Crippen molar-refractivity contribution in [1.29, 1.82) is 0 Å². The lowest BCUT2D eigenvalue weighted by atomic mass is 10.1. The first kappa shape index (κ1) is 14.1. The number of carbonyl (C=O) groups excluding carboxylic acids is 2. The molecule has 19 heavy (non-hydrogen) atoms. The van der Waals surface area contributed by atoms with E-state index in [2.05, 4.69) is 9.97 Å². The predicted octanol–water partition coefficient (Wildman–Crippen LogP) is 1.34. The van der Waals surface area contributed by atoms with E-state index in [-0.39, 0.29) is 27.8 Å². The number of thioether (sulfide) groups is 1. The normalized spacial score (nSPS) is 18.9. The summed E-state index contributed by atoms with van der Waals surface area (Å²) in [5, 5.41) is 0.190. The molecule has 6 nitrogen and oxygen atoms in total. The fourth-order valence-corrected chi connectivity index (χ4v) is 2.74. The Balaban J connectivity index is 2.11. The third-order valence-electron chi connectivity index (χ3n) is 2.80. The van der Waals surface area contributed by atoms with Crippen LogP contribution in [0.1, 0.15) is 13.3 Å². The fourth-order valence-electron chi connectivity index (χ4n) is 1.91. The Hall–Kier alpha value is -1.34. The zero-order chi connectivity index (χ0) is 14.0. The van der Waals surface area contributed by atoms with Gasteiger partial charge >= 0.3 is 0 Å². The molecule has 0 aromatic carbocycles. The van der Waals surface area contributed by atoms with Crippen molar-refractivity contribution in [2.75, 3.05) is 22.9 Å². The Morgan fingerprint density at radius 3 is 3.05 bits per heavy atom. The molecule has 0 spiro atoms. The molecule has 1 unspecified atom stereocenters. The maximum Gasteiger partial charge on any atom is 0.228 e. The highest BCUT2D eigenvalue weighted by Crippen LogP contribution is 2.31. The van der Waals surface area contributed by atoms with Crippen LogP contribution in [0.25, 0.3) is 0 Å². The Morgan fingerprint density at radius 1 is 1.63 bits per heavy atom. The number of carbonyl (C=O) groups is 2. The molecule has 1 fully saturated rings. The van der Waals surface area contributed by atoms with Crippen molar-refractivity contribution in [3.63, 3.8) is 0 Å². The summed E-state index contributed by atoms with van der Waals surface area (Å²) in [6, 6.07) is 0. The van der Waals surface area contributed by atoms with Gasteiger partial charge in [0, 0.05) is 25.6 Å². The average Bonchev–Trinajstić information content (AvgIpc) is 2.71. The second-order valence-corrected chi connectivity index (χ2v) is 5.83. The number of hydrogen-bond donors (Lipinski definition) is 1. The second-order valence-electron chi connectivity index (χ2n) is 4.28. The van der Waals surface area contributed by atoms with Crippen LogP contribution in [0.4, 0.5) is 11.5 Å². The molecule has 8 heteroatoms. The number of aromatic nitrogens is 2. The highest BCUT2D eigenvalue weighted by Gasteiger charge is 2.33. The molecule has 0 radical (unpaired) electrons. The van der Waals surface area contributed by atoms with Crippen molar-refractivity contribution >= 4 is 45.9 Å². The fraction of sp³-hybridized carbons (Fsp3) is 0.455. The molecule has 0 aliphatic carbocycles. The smallest absolute Gasteiger partial charge is 0.228 e. The first-order valence-electron chi connectivity index (χ1n) is 5.68. The van der Waals surface area contributed by atoms with Crippen LogP contribution in [0.3, 0.4) is 0 Å². The van der Waals surface area contributed by atoms with Crippen molar-refractivity contribution in [2.24, 2.45) is 5.92 Å². The topological polar surface area (TPSA) is 89.2 Å². The molecule has 2 N–H and O–H groups in total. The van der Waals surface area contributed by atoms with Crippen molar-refractivity contribution in [1.82, 2.24) is 9.97 Å². The highest BCUT2D eigenvalue weighted by atomic mass is 35.5. The average molecular weight is 301 g/mol. The van der Waals surface area contributed by atoms with E-state index in [0.717, 1.165) is 0 Å². The molecule has 1 aliphatic rings. The maximum atomic E-state index is 12.0. The van der Waals surface area contributed by atoms with Crippen LogP contribution in [0.15, 0.2) is 6.33 Å². The van der Waals surface area contributed by atoms with E-state index in [9.17, 15) is 9.59 Å². The van der Waals surface area contributed by atoms with Gasteiger partial charge in [-0.1, -0.05) is 23.4 Å². The lowest BCUT2D eigenvalue weighted by molar-refractivity contribution is -0.117. The summed E-state index contributed by atoms with van der Waals surface area (Å²) in [6.07, 6.45) is 1.67. The zero-order valence-corrected chi connectivity index (χ0v) is 11.9. The maximum absolute atomic E-state index is 12.0. The molecule has 1 aromatic heterocycles. The van der Waals surface area contributed by atoms with Gasteiger partial charge in [-0.05, 0) is 5.92 Å². The zero-order valence-electron chi connectivity index (χ0n) is 10.3. The van der Waals surface area contributed by atoms with Crippen LogP contribution in [0, 0.1) is 5.92 Å². The lowest BCUT2D eigenvalue weighted by Gasteiger charge is -2.17. The third-order valence-corrected chi connectivity index (χ3v) is 4.14.